The standard InChI is InChI=1S/C15H18N4O4/c1-3-23-13-6-10(4-5-12(13)20)8-16-18-14(21)7-11-9(2)17-19-15(11)22/h4-6,8,20H,3,7H2,1-2H3,(H,18,21)(H2,17,19,22)/b16-8+. The number of nitrogens with zero attached hydrogens (tertiary/aromatic N) is 1. The van der Waals surface area contributed by atoms with E-state index in [1.54, 1.807) is 19.1 Å². The van der Waals surface area contributed by atoms with E-state index >= 15 is 0 Å². The van der Waals surface area contributed by atoms with Crippen LogP contribution in [0.3, 0.4) is 0 Å². The van der Waals surface area contributed by atoms with Crippen LogP contribution in [0.1, 0.15) is 23.7 Å². The van der Waals surface area contributed by atoms with Crippen LogP contribution < -0.4 is 15.7 Å². The van der Waals surface area contributed by atoms with Crippen LogP contribution in [0.5, 0.6) is 11.5 Å². The van der Waals surface area contributed by atoms with Gasteiger partial charge in [-0.1, -0.05) is 0 Å². The normalized spacial score (nSPS) is 10.9. The molecule has 1 amide bonds. The highest BCUT2D eigenvalue weighted by atomic mass is 16.5. The van der Waals surface area contributed by atoms with Gasteiger partial charge in [-0.3, -0.25) is 14.7 Å². The first-order valence-corrected chi connectivity index (χ1v) is 7.05. The van der Waals surface area contributed by atoms with E-state index in [0.29, 0.717) is 29.2 Å². The third-order valence-electron chi connectivity index (χ3n) is 3.11. The summed E-state index contributed by atoms with van der Waals surface area (Å²) in [7, 11) is 0. The number of rotatable bonds is 6. The molecule has 0 spiro atoms. The lowest BCUT2D eigenvalue weighted by Gasteiger charge is -2.06. The van der Waals surface area contributed by atoms with Crippen molar-refractivity contribution in [3.63, 3.8) is 0 Å². The Bertz CT molecular complexity index is 776. The maximum absolute atomic E-state index is 11.8. The van der Waals surface area contributed by atoms with Crippen molar-refractivity contribution in [2.45, 2.75) is 20.3 Å². The predicted molar refractivity (Wildman–Crippen MR) is 84.9 cm³/mol. The fourth-order valence-corrected chi connectivity index (χ4v) is 1.95. The Morgan fingerprint density at radius 3 is 2.87 bits per heavy atom. The Labute approximate surface area is 132 Å². The molecule has 2 aromatic rings. The van der Waals surface area contributed by atoms with E-state index in [1.165, 1.54) is 12.3 Å². The van der Waals surface area contributed by atoms with Gasteiger partial charge in [0.05, 0.1) is 19.2 Å². The summed E-state index contributed by atoms with van der Waals surface area (Å²) in [6, 6.07) is 4.72. The third kappa shape index (κ3) is 4.22. The highest BCUT2D eigenvalue weighted by molar-refractivity contribution is 5.84. The van der Waals surface area contributed by atoms with Gasteiger partial charge in [-0.05, 0) is 37.6 Å². The Hall–Kier alpha value is -3.03. The van der Waals surface area contributed by atoms with E-state index < -0.39 is 5.91 Å². The Morgan fingerprint density at radius 1 is 1.43 bits per heavy atom. The quantitative estimate of drug-likeness (QED) is 0.465. The maximum Gasteiger partial charge on any atom is 0.267 e. The van der Waals surface area contributed by atoms with Crippen LogP contribution in [0.2, 0.25) is 0 Å². The molecule has 23 heavy (non-hydrogen) atoms. The number of aromatic hydroxyl groups is 1. The lowest BCUT2D eigenvalue weighted by atomic mass is 10.2. The number of phenolic OH excluding ortho intramolecular Hbond substituents is 1. The van der Waals surface area contributed by atoms with Crippen molar-refractivity contribution in [2.75, 3.05) is 6.61 Å². The number of aryl methyl sites for hydroxylation is 1. The molecule has 0 radical (unpaired) electrons. The van der Waals surface area contributed by atoms with E-state index in [4.69, 9.17) is 4.74 Å². The van der Waals surface area contributed by atoms with Crippen molar-refractivity contribution >= 4 is 12.1 Å². The number of amides is 1. The van der Waals surface area contributed by atoms with Gasteiger partial charge in [0.1, 0.15) is 0 Å². The summed E-state index contributed by atoms with van der Waals surface area (Å²) >= 11 is 0. The monoisotopic (exact) mass is 318 g/mol. The number of carbonyl (C=O) groups is 1. The molecule has 0 saturated heterocycles. The van der Waals surface area contributed by atoms with E-state index in [2.05, 4.69) is 20.7 Å². The molecule has 122 valence electrons. The number of phenols is 1. The molecule has 4 N–H and O–H groups in total. The minimum atomic E-state index is -0.404. The molecule has 0 atom stereocenters. The SMILES string of the molecule is CCOc1cc(/C=N/NC(=O)Cc2c(C)[nH][nH]c2=O)ccc1O. The van der Waals surface area contributed by atoms with E-state index in [9.17, 15) is 14.7 Å². The van der Waals surface area contributed by atoms with Crippen molar-refractivity contribution < 1.29 is 14.6 Å². The number of hydrazone groups is 1. The van der Waals surface area contributed by atoms with Gasteiger partial charge in [0.15, 0.2) is 11.5 Å². The number of hydrogen-bond donors (Lipinski definition) is 4. The highest BCUT2D eigenvalue weighted by Crippen LogP contribution is 2.26. The van der Waals surface area contributed by atoms with Gasteiger partial charge >= 0.3 is 0 Å². The summed E-state index contributed by atoms with van der Waals surface area (Å²) in [5, 5.41) is 18.5. The average Bonchev–Trinajstić information content (AvgIpc) is 2.82. The molecule has 0 unspecified atom stereocenters. The van der Waals surface area contributed by atoms with Gasteiger partial charge in [-0.15, -0.1) is 0 Å². The number of ether oxygens (including phenoxy) is 1. The van der Waals surface area contributed by atoms with Crippen molar-refractivity contribution in [1.29, 1.82) is 0 Å². The second kappa shape index (κ2) is 7.30. The topological polar surface area (TPSA) is 120 Å². The van der Waals surface area contributed by atoms with Crippen LogP contribution in [0.25, 0.3) is 0 Å². The van der Waals surface area contributed by atoms with Gasteiger partial charge in [-0.2, -0.15) is 5.10 Å². The van der Waals surface area contributed by atoms with Crippen LogP contribution in [0, 0.1) is 6.92 Å². The fourth-order valence-electron chi connectivity index (χ4n) is 1.95. The Kier molecular flexibility index (Phi) is 5.19. The molecule has 1 aromatic carbocycles. The minimum absolute atomic E-state index is 0.0372. The molecular formula is C15H18N4O4. The minimum Gasteiger partial charge on any atom is -0.504 e. The molecule has 2 rings (SSSR count). The lowest BCUT2D eigenvalue weighted by molar-refractivity contribution is -0.120. The van der Waals surface area contributed by atoms with Gasteiger partial charge in [-0.25, -0.2) is 5.43 Å². The van der Waals surface area contributed by atoms with Crippen molar-refractivity contribution in [1.82, 2.24) is 15.6 Å². The molecule has 8 nitrogen and oxygen atoms in total. The van der Waals surface area contributed by atoms with Crippen molar-refractivity contribution in [2.24, 2.45) is 5.10 Å². The first-order valence-electron chi connectivity index (χ1n) is 7.05. The zero-order chi connectivity index (χ0) is 16.8. The summed E-state index contributed by atoms with van der Waals surface area (Å²) < 4.78 is 5.26. The molecule has 0 aliphatic carbocycles. The molecule has 1 heterocycles. The van der Waals surface area contributed by atoms with Crippen LogP contribution >= 0.6 is 0 Å². The van der Waals surface area contributed by atoms with E-state index in [0.717, 1.165) is 0 Å². The van der Waals surface area contributed by atoms with Gasteiger partial charge in [0, 0.05) is 11.3 Å². The maximum atomic E-state index is 11.8. The van der Waals surface area contributed by atoms with Gasteiger partial charge < -0.3 is 14.9 Å². The number of H-pyrrole nitrogens is 2. The summed E-state index contributed by atoms with van der Waals surface area (Å²) in [6.07, 6.45) is 1.36. The molecule has 0 aliphatic rings. The highest BCUT2D eigenvalue weighted by Gasteiger charge is 2.10. The van der Waals surface area contributed by atoms with E-state index in [-0.39, 0.29) is 17.7 Å². The number of aromatic nitrogens is 2. The lowest BCUT2D eigenvalue weighted by Crippen LogP contribution is -2.23. The molecule has 0 aliphatic heterocycles. The summed E-state index contributed by atoms with van der Waals surface area (Å²) in [6.45, 7) is 3.94. The van der Waals surface area contributed by atoms with Crippen LogP contribution in [-0.4, -0.2) is 34.0 Å². The van der Waals surface area contributed by atoms with Gasteiger partial charge in [0.2, 0.25) is 5.91 Å². The molecule has 0 bridgehead atoms. The molecular weight excluding hydrogens is 300 g/mol. The Morgan fingerprint density at radius 2 is 2.22 bits per heavy atom. The fraction of sp³-hybridized carbons (Fsp3) is 0.267. The van der Waals surface area contributed by atoms with Crippen LogP contribution in [0.4, 0.5) is 0 Å². The molecule has 8 heteroatoms. The van der Waals surface area contributed by atoms with Crippen molar-refractivity contribution in [3.05, 3.63) is 45.4 Å². The van der Waals surface area contributed by atoms with Crippen molar-refractivity contribution in [3.8, 4) is 11.5 Å². The smallest absolute Gasteiger partial charge is 0.267 e. The van der Waals surface area contributed by atoms with E-state index in [1.807, 2.05) is 6.92 Å². The zero-order valence-electron chi connectivity index (χ0n) is 12.8. The van der Waals surface area contributed by atoms with Crippen LogP contribution in [0.15, 0.2) is 28.1 Å². The largest absolute Gasteiger partial charge is 0.504 e. The third-order valence-corrected chi connectivity index (χ3v) is 3.11. The van der Waals surface area contributed by atoms with Crippen LogP contribution in [-0.2, 0) is 11.2 Å². The number of aromatic amines is 2. The average molecular weight is 318 g/mol. The first kappa shape index (κ1) is 16.3. The first-order chi connectivity index (χ1) is 11.0. The summed E-state index contributed by atoms with van der Waals surface area (Å²) in [5.41, 5.74) is 3.68. The number of nitrogens with one attached hydrogen (secondary N) is 3. The predicted octanol–water partition coefficient (Wildman–Crippen LogP) is 0.809. The molecule has 0 fully saturated rings. The number of carbonyl (C=O) groups excluding carboxylic acids is 1. The number of hydrogen-bond acceptors (Lipinski definition) is 5. The second-order valence-electron chi connectivity index (χ2n) is 4.81. The van der Waals surface area contributed by atoms with Gasteiger partial charge in [0.25, 0.3) is 5.56 Å². The molecule has 1 aromatic heterocycles. The Balaban J connectivity index is 1.97. The zero-order valence-corrected chi connectivity index (χ0v) is 12.8. The second-order valence-corrected chi connectivity index (χ2v) is 4.81. The molecule has 0 saturated carbocycles. The summed E-state index contributed by atoms with van der Waals surface area (Å²) in [5.74, 6) is -0.0225. The number of benzene rings is 1. The summed E-state index contributed by atoms with van der Waals surface area (Å²) in [4.78, 5) is 23.2.